The van der Waals surface area contributed by atoms with E-state index in [-0.39, 0.29) is 5.78 Å². The number of aromatic nitrogens is 2. The molecule has 0 aliphatic heterocycles. The molecule has 0 unspecified atom stereocenters. The molecule has 1 aliphatic carbocycles. The van der Waals surface area contributed by atoms with Crippen LogP contribution in [0.25, 0.3) is 0 Å². The number of aryl methyl sites for hydroxylation is 2. The van der Waals surface area contributed by atoms with Crippen molar-refractivity contribution in [2.45, 2.75) is 39.7 Å². The highest BCUT2D eigenvalue weighted by Gasteiger charge is 2.22. The van der Waals surface area contributed by atoms with E-state index in [0.29, 0.717) is 13.0 Å². The summed E-state index contributed by atoms with van der Waals surface area (Å²) in [7, 11) is 0. The highest BCUT2D eigenvalue weighted by Crippen LogP contribution is 2.25. The number of nitrogens with zero attached hydrogens (tertiary/aromatic N) is 2. The first-order valence-electron chi connectivity index (χ1n) is 6.29. The molecule has 94 valence electrons. The maximum Gasteiger partial charge on any atom is 0.164 e. The minimum Gasteiger partial charge on any atom is -0.359 e. The van der Waals surface area contributed by atoms with Crippen molar-refractivity contribution in [2.75, 3.05) is 0 Å². The quantitative estimate of drug-likeness (QED) is 0.816. The van der Waals surface area contributed by atoms with Gasteiger partial charge in [0.15, 0.2) is 11.5 Å². The van der Waals surface area contributed by atoms with Gasteiger partial charge in [-0.05, 0) is 32.8 Å². The van der Waals surface area contributed by atoms with Crippen LogP contribution in [0.5, 0.6) is 0 Å². The zero-order valence-corrected chi connectivity index (χ0v) is 10.7. The lowest BCUT2D eigenvalue weighted by molar-refractivity contribution is 0.0971. The largest absolute Gasteiger partial charge is 0.359 e. The van der Waals surface area contributed by atoms with E-state index in [4.69, 9.17) is 4.52 Å². The molecule has 18 heavy (non-hydrogen) atoms. The molecule has 1 aliphatic rings. The zero-order valence-electron chi connectivity index (χ0n) is 10.7. The van der Waals surface area contributed by atoms with E-state index in [2.05, 4.69) is 9.72 Å². The average molecular weight is 244 g/mol. The van der Waals surface area contributed by atoms with Gasteiger partial charge in [-0.25, -0.2) is 0 Å². The first kappa shape index (κ1) is 11.3. The Morgan fingerprint density at radius 1 is 1.33 bits per heavy atom. The summed E-state index contributed by atoms with van der Waals surface area (Å²) in [6, 6.07) is 3.94. The smallest absolute Gasteiger partial charge is 0.164 e. The average Bonchev–Trinajstić information content (AvgIpc) is 2.87. The Labute approximate surface area is 106 Å². The number of carbonyl (C=O) groups is 1. The second kappa shape index (κ2) is 4.12. The summed E-state index contributed by atoms with van der Waals surface area (Å²) in [5.41, 5.74) is 4.05. The molecule has 2 heterocycles. The molecule has 0 saturated heterocycles. The Bertz CT molecular complexity index is 607. The topological polar surface area (TPSA) is 48.0 Å². The molecule has 0 aromatic carbocycles. The van der Waals surface area contributed by atoms with Crippen LogP contribution in [-0.2, 0) is 13.0 Å². The number of hydrogen-bond acceptors (Lipinski definition) is 3. The number of carbonyl (C=O) groups excluding carboxylic acids is 1. The van der Waals surface area contributed by atoms with E-state index >= 15 is 0 Å². The molecular formula is C14H16N2O2. The summed E-state index contributed by atoms with van der Waals surface area (Å²) in [6.45, 7) is 4.61. The molecule has 0 bridgehead atoms. The predicted molar refractivity (Wildman–Crippen MR) is 66.8 cm³/mol. The molecular weight excluding hydrogens is 228 g/mol. The predicted octanol–water partition coefficient (Wildman–Crippen LogP) is 2.66. The molecule has 0 N–H and O–H groups in total. The summed E-state index contributed by atoms with van der Waals surface area (Å²) in [4.78, 5) is 11.9. The lowest BCUT2D eigenvalue weighted by Crippen LogP contribution is -2.14. The van der Waals surface area contributed by atoms with E-state index in [1.54, 1.807) is 0 Å². The third-order valence-electron chi connectivity index (χ3n) is 3.52. The summed E-state index contributed by atoms with van der Waals surface area (Å²) < 4.78 is 7.43. The maximum atomic E-state index is 11.9. The van der Waals surface area contributed by atoms with Gasteiger partial charge in [-0.15, -0.1) is 0 Å². The van der Waals surface area contributed by atoms with Gasteiger partial charge in [0.1, 0.15) is 0 Å². The number of rotatable bonds is 2. The molecule has 0 spiro atoms. The van der Waals surface area contributed by atoms with Crippen molar-refractivity contribution in [1.82, 2.24) is 9.72 Å². The molecule has 0 radical (unpaired) electrons. The highest BCUT2D eigenvalue weighted by molar-refractivity contribution is 5.98. The third-order valence-corrected chi connectivity index (χ3v) is 3.52. The van der Waals surface area contributed by atoms with Gasteiger partial charge in [-0.3, -0.25) is 4.79 Å². The standard InChI is InChI=1S/C14H16N2O2/c1-9-6-11(18-15-9)8-16-10(2)7-12-13(16)4-3-5-14(12)17/h6-7H,3-5,8H2,1-2H3. The summed E-state index contributed by atoms with van der Waals surface area (Å²) >= 11 is 0. The third kappa shape index (κ3) is 1.78. The van der Waals surface area contributed by atoms with Crippen LogP contribution >= 0.6 is 0 Å². The van der Waals surface area contributed by atoms with Crippen molar-refractivity contribution < 1.29 is 9.32 Å². The van der Waals surface area contributed by atoms with Crippen LogP contribution in [-0.4, -0.2) is 15.5 Å². The van der Waals surface area contributed by atoms with Crippen molar-refractivity contribution >= 4 is 5.78 Å². The normalized spacial score (nSPS) is 14.9. The van der Waals surface area contributed by atoms with E-state index in [1.807, 2.05) is 26.0 Å². The van der Waals surface area contributed by atoms with Crippen LogP contribution in [0.2, 0.25) is 0 Å². The fourth-order valence-corrected chi connectivity index (χ4v) is 2.66. The van der Waals surface area contributed by atoms with Gasteiger partial charge in [-0.2, -0.15) is 0 Å². The molecule has 0 amide bonds. The molecule has 4 heteroatoms. The van der Waals surface area contributed by atoms with E-state index in [1.165, 1.54) is 0 Å². The second-order valence-corrected chi connectivity index (χ2v) is 4.94. The lowest BCUT2D eigenvalue weighted by Gasteiger charge is -2.14. The number of ketones is 1. The summed E-state index contributed by atoms with van der Waals surface area (Å²) in [6.07, 6.45) is 2.60. The van der Waals surface area contributed by atoms with Crippen molar-refractivity contribution in [1.29, 1.82) is 0 Å². The molecule has 3 rings (SSSR count). The molecule has 0 fully saturated rings. The summed E-state index contributed by atoms with van der Waals surface area (Å²) in [5, 5.41) is 3.90. The van der Waals surface area contributed by atoms with Gasteiger partial charge in [-0.1, -0.05) is 5.16 Å². The van der Waals surface area contributed by atoms with Crippen LogP contribution in [0.4, 0.5) is 0 Å². The molecule has 2 aromatic heterocycles. The van der Waals surface area contributed by atoms with Crippen molar-refractivity contribution in [3.63, 3.8) is 0 Å². The van der Waals surface area contributed by atoms with Crippen molar-refractivity contribution in [3.8, 4) is 0 Å². The zero-order chi connectivity index (χ0) is 12.7. The van der Waals surface area contributed by atoms with Crippen LogP contribution in [0.3, 0.4) is 0 Å². The van der Waals surface area contributed by atoms with Crippen molar-refractivity contribution in [2.24, 2.45) is 0 Å². The van der Waals surface area contributed by atoms with E-state index < -0.39 is 0 Å². The SMILES string of the molecule is Cc1cc(Cn2c(C)cc3c2CCCC3=O)on1. The van der Waals surface area contributed by atoms with Gasteiger partial charge in [0.05, 0.1) is 12.2 Å². The minimum absolute atomic E-state index is 0.270. The van der Waals surface area contributed by atoms with Gasteiger partial charge in [0.2, 0.25) is 0 Å². The maximum absolute atomic E-state index is 11.9. The van der Waals surface area contributed by atoms with Crippen molar-refractivity contribution in [3.05, 3.63) is 40.5 Å². The van der Waals surface area contributed by atoms with Crippen LogP contribution in [0.15, 0.2) is 16.7 Å². The summed E-state index contributed by atoms with van der Waals surface area (Å²) in [5.74, 6) is 1.11. The number of Topliss-reactive ketones (excluding diaryl/α,β-unsaturated/α-hetero) is 1. The Morgan fingerprint density at radius 3 is 2.89 bits per heavy atom. The molecule has 2 aromatic rings. The fraction of sp³-hybridized carbons (Fsp3) is 0.429. The van der Waals surface area contributed by atoms with Gasteiger partial charge >= 0.3 is 0 Å². The first-order valence-corrected chi connectivity index (χ1v) is 6.29. The van der Waals surface area contributed by atoms with Crippen LogP contribution in [0.1, 0.15) is 46.0 Å². The second-order valence-electron chi connectivity index (χ2n) is 4.94. The first-order chi connectivity index (χ1) is 8.65. The lowest BCUT2D eigenvalue weighted by atomic mass is 9.97. The number of fused-ring (bicyclic) bond motifs is 1. The van der Waals surface area contributed by atoms with Gasteiger partial charge < -0.3 is 9.09 Å². The van der Waals surface area contributed by atoms with Crippen LogP contribution < -0.4 is 0 Å². The molecule has 0 saturated carbocycles. The number of hydrogen-bond donors (Lipinski definition) is 0. The fourth-order valence-electron chi connectivity index (χ4n) is 2.66. The van der Waals surface area contributed by atoms with E-state index in [0.717, 1.165) is 41.2 Å². The van der Waals surface area contributed by atoms with E-state index in [9.17, 15) is 4.79 Å². The Hall–Kier alpha value is -1.84. The monoisotopic (exact) mass is 244 g/mol. The Morgan fingerprint density at radius 2 is 2.17 bits per heavy atom. The molecule has 4 nitrogen and oxygen atoms in total. The van der Waals surface area contributed by atoms with Crippen LogP contribution in [0, 0.1) is 13.8 Å². The minimum atomic E-state index is 0.270. The highest BCUT2D eigenvalue weighted by atomic mass is 16.5. The van der Waals surface area contributed by atoms with Gasteiger partial charge in [0.25, 0.3) is 0 Å². The Kier molecular flexibility index (Phi) is 2.58. The Balaban J connectivity index is 1.99. The molecule has 0 atom stereocenters. The van der Waals surface area contributed by atoms with Gasteiger partial charge in [0, 0.05) is 29.4 Å².